The highest BCUT2D eigenvalue weighted by Crippen LogP contribution is 2.31. The van der Waals surface area contributed by atoms with E-state index in [1.807, 2.05) is 44.4 Å². The number of nitrogens with one attached hydrogen (secondary N) is 1. The summed E-state index contributed by atoms with van der Waals surface area (Å²) in [4.78, 5) is 18.9. The highest BCUT2D eigenvalue weighted by atomic mass is 16.5. The molecule has 0 aliphatic carbocycles. The predicted molar refractivity (Wildman–Crippen MR) is 124 cm³/mol. The average molecular weight is 455 g/mol. The van der Waals surface area contributed by atoms with Crippen molar-refractivity contribution in [3.8, 4) is 28.6 Å². The summed E-state index contributed by atoms with van der Waals surface area (Å²) in [5, 5.41) is 7.01. The number of nitrogens with zero attached hydrogens (tertiary/aromatic N) is 3. The monoisotopic (exact) mass is 454 g/mol. The van der Waals surface area contributed by atoms with Gasteiger partial charge in [0.15, 0.2) is 11.5 Å². The predicted octanol–water partition coefficient (Wildman–Crippen LogP) is 3.11. The Bertz CT molecular complexity index is 1070. The number of benzene rings is 2. The second-order valence-electron chi connectivity index (χ2n) is 7.64. The fourth-order valence-corrected chi connectivity index (χ4v) is 3.42. The second-order valence-corrected chi connectivity index (χ2v) is 7.64. The van der Waals surface area contributed by atoms with E-state index < -0.39 is 0 Å². The number of hydrogen-bond donors (Lipinski definition) is 1. The Morgan fingerprint density at radius 2 is 1.85 bits per heavy atom. The van der Waals surface area contributed by atoms with Crippen LogP contribution in [0.3, 0.4) is 0 Å². The number of carbonyl (C=O) groups excluding carboxylic acids is 1. The highest BCUT2D eigenvalue weighted by Gasteiger charge is 2.17. The first-order chi connectivity index (χ1) is 15.9. The van der Waals surface area contributed by atoms with Crippen LogP contribution in [0.1, 0.15) is 23.9 Å². The second kappa shape index (κ2) is 11.3. The van der Waals surface area contributed by atoms with Crippen LogP contribution in [0.15, 0.2) is 47.0 Å². The van der Waals surface area contributed by atoms with Crippen molar-refractivity contribution in [3.63, 3.8) is 0 Å². The molecule has 33 heavy (non-hydrogen) atoms. The third-order valence-electron chi connectivity index (χ3n) is 5.27. The van der Waals surface area contributed by atoms with Gasteiger partial charge in [-0.1, -0.05) is 17.3 Å². The molecule has 0 aliphatic rings. The van der Waals surface area contributed by atoms with Gasteiger partial charge in [0, 0.05) is 24.9 Å². The Morgan fingerprint density at radius 3 is 2.55 bits per heavy atom. The van der Waals surface area contributed by atoms with Gasteiger partial charge in [-0.3, -0.25) is 4.79 Å². The topological polar surface area (TPSA) is 99.0 Å². The van der Waals surface area contributed by atoms with Crippen LogP contribution < -0.4 is 19.5 Å². The number of rotatable bonds is 11. The molecule has 1 atom stereocenters. The van der Waals surface area contributed by atoms with Crippen LogP contribution in [0.5, 0.6) is 17.2 Å². The lowest BCUT2D eigenvalue weighted by molar-refractivity contribution is -0.121. The SMILES string of the molecule is COc1cccc(C(CNC(=O)CCc2nc(-c3ccc(OC)c(OC)c3)no2)N(C)C)c1. The van der Waals surface area contributed by atoms with Gasteiger partial charge in [0.2, 0.25) is 17.6 Å². The molecule has 1 unspecified atom stereocenters. The van der Waals surface area contributed by atoms with Crippen LogP contribution in [-0.2, 0) is 11.2 Å². The van der Waals surface area contributed by atoms with Gasteiger partial charge in [0.05, 0.1) is 27.4 Å². The van der Waals surface area contributed by atoms with E-state index in [-0.39, 0.29) is 18.4 Å². The van der Waals surface area contributed by atoms with E-state index in [9.17, 15) is 4.79 Å². The number of ether oxygens (including phenoxy) is 3. The van der Waals surface area contributed by atoms with Crippen molar-refractivity contribution in [1.82, 2.24) is 20.4 Å². The van der Waals surface area contributed by atoms with Gasteiger partial charge in [-0.15, -0.1) is 0 Å². The van der Waals surface area contributed by atoms with E-state index in [0.717, 1.165) is 16.9 Å². The van der Waals surface area contributed by atoms with E-state index in [0.29, 0.717) is 36.2 Å². The summed E-state index contributed by atoms with van der Waals surface area (Å²) in [5.74, 6) is 2.71. The Balaban J connectivity index is 1.56. The van der Waals surface area contributed by atoms with Crippen LogP contribution in [0.4, 0.5) is 0 Å². The van der Waals surface area contributed by atoms with E-state index in [4.69, 9.17) is 18.7 Å². The van der Waals surface area contributed by atoms with Crippen LogP contribution in [0.2, 0.25) is 0 Å². The molecule has 1 aromatic heterocycles. The van der Waals surface area contributed by atoms with Gasteiger partial charge >= 0.3 is 0 Å². The molecular formula is C24H30N4O5. The van der Waals surface area contributed by atoms with Crippen molar-refractivity contribution < 1.29 is 23.5 Å². The first-order valence-corrected chi connectivity index (χ1v) is 10.6. The standard InChI is InChI=1S/C24H30N4O5/c1-28(2)19(16-7-6-8-18(13-16)30-3)15-25-22(29)11-12-23-26-24(27-33-23)17-9-10-20(31-4)21(14-17)32-5/h6-10,13-14,19H,11-12,15H2,1-5H3,(H,25,29). The van der Waals surface area contributed by atoms with Crippen molar-refractivity contribution >= 4 is 5.91 Å². The lowest BCUT2D eigenvalue weighted by Crippen LogP contribution is -2.34. The third kappa shape index (κ3) is 6.23. The molecule has 0 saturated heterocycles. The van der Waals surface area contributed by atoms with Gasteiger partial charge < -0.3 is 29.0 Å². The molecule has 1 N–H and O–H groups in total. The zero-order valence-corrected chi connectivity index (χ0v) is 19.6. The molecule has 1 heterocycles. The van der Waals surface area contributed by atoms with Gasteiger partial charge in [0.1, 0.15) is 5.75 Å². The van der Waals surface area contributed by atoms with Crippen molar-refractivity contribution in [2.24, 2.45) is 0 Å². The number of methoxy groups -OCH3 is 3. The highest BCUT2D eigenvalue weighted by molar-refractivity contribution is 5.76. The van der Waals surface area contributed by atoms with Crippen molar-refractivity contribution in [1.29, 1.82) is 0 Å². The van der Waals surface area contributed by atoms with Crippen LogP contribution in [-0.4, -0.2) is 62.9 Å². The van der Waals surface area contributed by atoms with Crippen molar-refractivity contribution in [2.45, 2.75) is 18.9 Å². The molecule has 3 rings (SSSR count). The minimum Gasteiger partial charge on any atom is -0.497 e. The number of aromatic nitrogens is 2. The fourth-order valence-electron chi connectivity index (χ4n) is 3.42. The molecule has 0 saturated carbocycles. The largest absolute Gasteiger partial charge is 0.497 e. The molecule has 0 radical (unpaired) electrons. The molecule has 0 bridgehead atoms. The zero-order chi connectivity index (χ0) is 23.8. The first kappa shape index (κ1) is 24.1. The zero-order valence-electron chi connectivity index (χ0n) is 19.6. The molecule has 0 spiro atoms. The summed E-state index contributed by atoms with van der Waals surface area (Å²) < 4.78 is 21.2. The Kier molecular flexibility index (Phi) is 8.26. The molecule has 9 nitrogen and oxygen atoms in total. The van der Waals surface area contributed by atoms with E-state index >= 15 is 0 Å². The summed E-state index contributed by atoms with van der Waals surface area (Å²) in [6.07, 6.45) is 0.587. The summed E-state index contributed by atoms with van der Waals surface area (Å²) in [7, 11) is 8.73. The molecule has 2 aromatic carbocycles. The minimum absolute atomic E-state index is 0.0177. The van der Waals surface area contributed by atoms with E-state index in [1.54, 1.807) is 33.5 Å². The third-order valence-corrected chi connectivity index (χ3v) is 5.27. The van der Waals surface area contributed by atoms with Gasteiger partial charge in [-0.2, -0.15) is 4.98 Å². The number of likely N-dealkylation sites (N-methyl/N-ethyl adjacent to an activating group) is 1. The summed E-state index contributed by atoms with van der Waals surface area (Å²) in [6.45, 7) is 0.472. The Hall–Kier alpha value is -3.59. The maximum Gasteiger partial charge on any atom is 0.227 e. The Labute approximate surface area is 193 Å². The quantitative estimate of drug-likeness (QED) is 0.472. The molecule has 0 aliphatic heterocycles. The first-order valence-electron chi connectivity index (χ1n) is 10.6. The van der Waals surface area contributed by atoms with Gasteiger partial charge in [-0.05, 0) is 50.0 Å². The van der Waals surface area contributed by atoms with Gasteiger partial charge in [-0.25, -0.2) is 0 Å². The smallest absolute Gasteiger partial charge is 0.227 e. The summed E-state index contributed by atoms with van der Waals surface area (Å²) in [6, 6.07) is 13.2. The lowest BCUT2D eigenvalue weighted by Gasteiger charge is -2.25. The van der Waals surface area contributed by atoms with E-state index in [1.165, 1.54) is 0 Å². The number of carbonyl (C=O) groups is 1. The maximum atomic E-state index is 12.5. The molecular weight excluding hydrogens is 424 g/mol. The minimum atomic E-state index is -0.0874. The summed E-state index contributed by atoms with van der Waals surface area (Å²) in [5.41, 5.74) is 1.80. The summed E-state index contributed by atoms with van der Waals surface area (Å²) >= 11 is 0. The molecule has 0 fully saturated rings. The van der Waals surface area contributed by atoms with Crippen LogP contribution >= 0.6 is 0 Å². The van der Waals surface area contributed by atoms with Crippen LogP contribution in [0.25, 0.3) is 11.4 Å². The molecule has 176 valence electrons. The molecule has 1 amide bonds. The van der Waals surface area contributed by atoms with Gasteiger partial charge in [0.25, 0.3) is 0 Å². The van der Waals surface area contributed by atoms with E-state index in [2.05, 4.69) is 20.4 Å². The Morgan fingerprint density at radius 1 is 1.06 bits per heavy atom. The van der Waals surface area contributed by atoms with Crippen molar-refractivity contribution in [3.05, 3.63) is 53.9 Å². The average Bonchev–Trinajstić information content (AvgIpc) is 3.31. The number of aryl methyl sites for hydroxylation is 1. The number of amides is 1. The molecule has 9 heteroatoms. The fraction of sp³-hybridized carbons (Fsp3) is 0.375. The number of hydrogen-bond acceptors (Lipinski definition) is 8. The van der Waals surface area contributed by atoms with Crippen molar-refractivity contribution in [2.75, 3.05) is 42.0 Å². The molecule has 3 aromatic rings. The maximum absolute atomic E-state index is 12.5. The normalized spacial score (nSPS) is 11.8. The van der Waals surface area contributed by atoms with Crippen LogP contribution in [0, 0.1) is 0 Å². The lowest BCUT2D eigenvalue weighted by atomic mass is 10.1.